The fourth-order valence-electron chi connectivity index (χ4n) is 4.10. The maximum atomic E-state index is 14.7. The van der Waals surface area contributed by atoms with Crippen molar-refractivity contribution in [3.8, 4) is 16.9 Å². The van der Waals surface area contributed by atoms with Crippen molar-refractivity contribution in [2.24, 2.45) is 5.73 Å². The molecule has 0 spiro atoms. The van der Waals surface area contributed by atoms with Crippen molar-refractivity contribution in [1.82, 2.24) is 14.8 Å². The Labute approximate surface area is 197 Å². The van der Waals surface area contributed by atoms with Gasteiger partial charge in [-0.2, -0.15) is 5.10 Å². The topological polar surface area (TPSA) is 103 Å². The lowest BCUT2D eigenvalue weighted by atomic mass is 9.88. The van der Waals surface area contributed by atoms with Crippen LogP contribution in [0, 0.1) is 11.6 Å². The van der Waals surface area contributed by atoms with E-state index >= 15 is 0 Å². The van der Waals surface area contributed by atoms with E-state index in [1.165, 1.54) is 16.9 Å². The van der Waals surface area contributed by atoms with Crippen LogP contribution in [-0.4, -0.2) is 26.6 Å². The summed E-state index contributed by atoms with van der Waals surface area (Å²) in [7, 11) is 0. The van der Waals surface area contributed by atoms with E-state index < -0.39 is 23.4 Å². The van der Waals surface area contributed by atoms with E-state index in [9.17, 15) is 18.4 Å². The van der Waals surface area contributed by atoms with Crippen LogP contribution in [0.2, 0.25) is 5.15 Å². The number of rotatable bonds is 4. The average molecular weight is 480 g/mol. The first kappa shape index (κ1) is 21.7. The van der Waals surface area contributed by atoms with Gasteiger partial charge >= 0.3 is 0 Å². The van der Waals surface area contributed by atoms with Gasteiger partial charge < -0.3 is 11.1 Å². The highest BCUT2D eigenvalue weighted by Gasteiger charge is 2.29. The second-order valence-corrected chi connectivity index (χ2v) is 8.07. The van der Waals surface area contributed by atoms with E-state index in [2.05, 4.69) is 15.4 Å². The molecule has 2 heterocycles. The molecule has 34 heavy (non-hydrogen) atoms. The molecule has 0 atom stereocenters. The minimum absolute atomic E-state index is 0.0148. The third-order valence-electron chi connectivity index (χ3n) is 5.63. The molecule has 0 saturated heterocycles. The van der Waals surface area contributed by atoms with Gasteiger partial charge in [-0.25, -0.2) is 18.4 Å². The molecule has 0 fully saturated rings. The first-order valence-electron chi connectivity index (χ1n) is 10.3. The Morgan fingerprint density at radius 3 is 2.65 bits per heavy atom. The van der Waals surface area contributed by atoms with Gasteiger partial charge in [-0.15, -0.1) is 0 Å². The van der Waals surface area contributed by atoms with Crippen LogP contribution in [-0.2, 0) is 12.8 Å². The molecule has 0 saturated carbocycles. The fraction of sp³-hybridized carbons (Fsp3) is 0.0833. The summed E-state index contributed by atoms with van der Waals surface area (Å²) in [5.74, 6) is -2.79. The number of fused-ring (bicyclic) bond motifs is 3. The number of pyridine rings is 1. The number of nitrogens with zero attached hydrogens (tertiary/aromatic N) is 3. The van der Waals surface area contributed by atoms with Crippen molar-refractivity contribution >= 4 is 29.1 Å². The molecule has 0 bridgehead atoms. The first-order chi connectivity index (χ1) is 16.3. The molecule has 10 heteroatoms. The summed E-state index contributed by atoms with van der Waals surface area (Å²) >= 11 is 6.03. The Hall–Kier alpha value is -4.11. The van der Waals surface area contributed by atoms with Crippen LogP contribution < -0.4 is 11.1 Å². The Morgan fingerprint density at radius 1 is 1.09 bits per heavy atom. The summed E-state index contributed by atoms with van der Waals surface area (Å²) in [5.41, 5.74) is 8.74. The first-order valence-corrected chi connectivity index (χ1v) is 10.6. The van der Waals surface area contributed by atoms with E-state index in [0.717, 1.165) is 17.7 Å². The SMILES string of the molecule is NC(=O)c1nn(-c2ccc(F)cc2F)c2c1CCc1ccc(NC(=O)c3cccnc3Cl)cc1-2. The van der Waals surface area contributed by atoms with Gasteiger partial charge in [0.15, 0.2) is 11.5 Å². The van der Waals surface area contributed by atoms with Crippen LogP contribution in [0.5, 0.6) is 0 Å². The average Bonchev–Trinajstić information content (AvgIpc) is 3.19. The number of carbonyl (C=O) groups excluding carboxylic acids is 2. The van der Waals surface area contributed by atoms with E-state index in [4.69, 9.17) is 17.3 Å². The van der Waals surface area contributed by atoms with Crippen molar-refractivity contribution in [3.63, 3.8) is 0 Å². The molecule has 4 aromatic rings. The van der Waals surface area contributed by atoms with E-state index in [-0.39, 0.29) is 22.1 Å². The smallest absolute Gasteiger partial charge is 0.269 e. The van der Waals surface area contributed by atoms with Gasteiger partial charge in [0.25, 0.3) is 11.8 Å². The number of nitrogens with one attached hydrogen (secondary N) is 1. The molecule has 5 rings (SSSR count). The van der Waals surface area contributed by atoms with Crippen LogP contribution in [0.3, 0.4) is 0 Å². The lowest BCUT2D eigenvalue weighted by molar-refractivity contribution is 0.0992. The van der Waals surface area contributed by atoms with Crippen LogP contribution >= 0.6 is 11.6 Å². The molecule has 0 radical (unpaired) electrons. The summed E-state index contributed by atoms with van der Waals surface area (Å²) < 4.78 is 29.5. The lowest BCUT2D eigenvalue weighted by Crippen LogP contribution is -2.16. The molecule has 1 aliphatic carbocycles. The number of carbonyl (C=O) groups is 2. The molecule has 1 aliphatic rings. The molecule has 0 aliphatic heterocycles. The number of hydrogen-bond donors (Lipinski definition) is 2. The zero-order valence-corrected chi connectivity index (χ0v) is 18.2. The Morgan fingerprint density at radius 2 is 1.91 bits per heavy atom. The molecule has 2 amide bonds. The number of aryl methyl sites for hydroxylation is 1. The number of benzene rings is 2. The van der Waals surface area contributed by atoms with Crippen molar-refractivity contribution < 1.29 is 18.4 Å². The van der Waals surface area contributed by atoms with Crippen LogP contribution in [0.4, 0.5) is 14.5 Å². The van der Waals surface area contributed by atoms with Gasteiger partial charge in [-0.1, -0.05) is 17.7 Å². The summed E-state index contributed by atoms with van der Waals surface area (Å²) in [6.07, 6.45) is 2.52. The van der Waals surface area contributed by atoms with Crippen molar-refractivity contribution in [1.29, 1.82) is 0 Å². The summed E-state index contributed by atoms with van der Waals surface area (Å²) in [6.45, 7) is 0. The molecule has 2 aromatic heterocycles. The molecular weight excluding hydrogens is 464 g/mol. The quantitative estimate of drug-likeness (QED) is 0.425. The highest BCUT2D eigenvalue weighted by Crippen LogP contribution is 2.39. The maximum Gasteiger partial charge on any atom is 0.269 e. The van der Waals surface area contributed by atoms with Gasteiger partial charge in [-0.3, -0.25) is 9.59 Å². The van der Waals surface area contributed by atoms with Gasteiger partial charge in [0.05, 0.1) is 11.3 Å². The van der Waals surface area contributed by atoms with Gasteiger partial charge in [0.1, 0.15) is 16.7 Å². The summed E-state index contributed by atoms with van der Waals surface area (Å²) in [6, 6.07) is 11.5. The molecule has 2 aromatic carbocycles. The predicted molar refractivity (Wildman–Crippen MR) is 122 cm³/mol. The van der Waals surface area contributed by atoms with Crippen molar-refractivity contribution in [3.05, 3.63) is 93.9 Å². The summed E-state index contributed by atoms with van der Waals surface area (Å²) in [4.78, 5) is 28.7. The number of amides is 2. The van der Waals surface area contributed by atoms with Gasteiger partial charge in [0.2, 0.25) is 0 Å². The molecule has 170 valence electrons. The zero-order chi connectivity index (χ0) is 24.0. The normalized spacial score (nSPS) is 12.1. The maximum absolute atomic E-state index is 14.7. The summed E-state index contributed by atoms with van der Waals surface area (Å²) in [5, 5.41) is 7.11. The third-order valence-corrected chi connectivity index (χ3v) is 5.93. The monoisotopic (exact) mass is 479 g/mol. The number of anilines is 1. The molecule has 0 unspecified atom stereocenters. The number of aromatic nitrogens is 3. The number of primary amides is 1. The second-order valence-electron chi connectivity index (χ2n) is 7.72. The number of nitrogens with two attached hydrogens (primary N) is 1. The van der Waals surface area contributed by atoms with Crippen molar-refractivity contribution in [2.75, 3.05) is 5.32 Å². The highest BCUT2D eigenvalue weighted by atomic mass is 35.5. The van der Waals surface area contributed by atoms with Crippen LogP contribution in [0.1, 0.15) is 32.0 Å². The van der Waals surface area contributed by atoms with E-state index in [1.54, 1.807) is 24.3 Å². The number of halogens is 3. The Balaban J connectivity index is 1.63. The van der Waals surface area contributed by atoms with Crippen LogP contribution in [0.15, 0.2) is 54.7 Å². The Bertz CT molecular complexity index is 1480. The lowest BCUT2D eigenvalue weighted by Gasteiger charge is -2.20. The predicted octanol–water partition coefficient (Wildman–Crippen LogP) is 4.32. The second kappa shape index (κ2) is 8.35. The minimum Gasteiger partial charge on any atom is -0.364 e. The minimum atomic E-state index is -0.843. The van der Waals surface area contributed by atoms with Crippen molar-refractivity contribution in [2.45, 2.75) is 12.8 Å². The largest absolute Gasteiger partial charge is 0.364 e. The molecule has 3 N–H and O–H groups in total. The van der Waals surface area contributed by atoms with Gasteiger partial charge in [0, 0.05) is 29.1 Å². The fourth-order valence-corrected chi connectivity index (χ4v) is 4.30. The molecule has 7 nitrogen and oxygen atoms in total. The standard InChI is InChI=1S/C24H16ClF2N5O2/c25-22-16(2-1-9-29-22)24(34)30-14-6-3-12-4-7-15-20(23(28)33)31-32(21(15)17(12)11-14)19-8-5-13(26)10-18(19)27/h1-3,5-6,8-11H,4,7H2,(H2,28,33)(H,30,34). The zero-order valence-electron chi connectivity index (χ0n) is 17.5. The Kier molecular flexibility index (Phi) is 5.33. The van der Waals surface area contributed by atoms with E-state index in [1.807, 2.05) is 6.07 Å². The molecular formula is C24H16ClF2N5O2. The third kappa shape index (κ3) is 3.69. The highest BCUT2D eigenvalue weighted by molar-refractivity contribution is 6.33. The number of hydrogen-bond acceptors (Lipinski definition) is 4. The van der Waals surface area contributed by atoms with E-state index in [0.29, 0.717) is 35.3 Å². The van der Waals surface area contributed by atoms with Crippen LogP contribution in [0.25, 0.3) is 16.9 Å². The van der Waals surface area contributed by atoms with Gasteiger partial charge in [-0.05, 0) is 54.8 Å².